The van der Waals surface area contributed by atoms with E-state index in [2.05, 4.69) is 76.5 Å². The monoisotopic (exact) mass is 322 g/mol. The summed E-state index contributed by atoms with van der Waals surface area (Å²) in [6.07, 6.45) is 27.2. The van der Waals surface area contributed by atoms with Crippen LogP contribution in [0.2, 0.25) is 0 Å². The highest BCUT2D eigenvalue weighted by atomic mass is 13.9. The minimum Gasteiger partial charge on any atom is -0.0991 e. The summed E-state index contributed by atoms with van der Waals surface area (Å²) < 4.78 is 0. The third-order valence-electron chi connectivity index (χ3n) is 3.08. The summed E-state index contributed by atoms with van der Waals surface area (Å²) in [6.45, 7) is 17.4. The molecule has 24 heavy (non-hydrogen) atoms. The molecule has 130 valence electrons. The summed E-state index contributed by atoms with van der Waals surface area (Å²) >= 11 is 0. The maximum absolute atomic E-state index is 3.55. The fraction of sp³-hybridized carbons (Fsp3) is 0.250. The van der Waals surface area contributed by atoms with Crippen LogP contribution < -0.4 is 0 Å². The van der Waals surface area contributed by atoms with Crippen LogP contribution in [0.4, 0.5) is 0 Å². The van der Waals surface area contributed by atoms with Gasteiger partial charge in [-0.3, -0.25) is 0 Å². The van der Waals surface area contributed by atoms with E-state index >= 15 is 0 Å². The van der Waals surface area contributed by atoms with Crippen molar-refractivity contribution < 1.29 is 0 Å². The second-order valence-electron chi connectivity index (χ2n) is 5.23. The van der Waals surface area contributed by atoms with Gasteiger partial charge in [0.05, 0.1) is 0 Å². The maximum Gasteiger partial charge on any atom is -0.0160 e. The molecule has 0 N–H and O–H groups in total. The predicted octanol–water partition coefficient (Wildman–Crippen LogP) is 7.84. The van der Waals surface area contributed by atoms with Gasteiger partial charge in [-0.15, -0.1) is 0 Å². The first-order valence-corrected chi connectivity index (χ1v) is 8.35. The summed E-state index contributed by atoms with van der Waals surface area (Å²) in [4.78, 5) is 0. The Morgan fingerprint density at radius 2 is 1.42 bits per heavy atom. The first-order valence-electron chi connectivity index (χ1n) is 8.35. The summed E-state index contributed by atoms with van der Waals surface area (Å²) in [5.74, 6) is 0. The van der Waals surface area contributed by atoms with Crippen molar-refractivity contribution in [2.45, 2.75) is 41.0 Å². The Labute approximate surface area is 150 Å². The van der Waals surface area contributed by atoms with Crippen molar-refractivity contribution in [2.75, 3.05) is 0 Å². The van der Waals surface area contributed by atoms with E-state index < -0.39 is 0 Å². The fourth-order valence-corrected chi connectivity index (χ4v) is 1.32. The highest BCUT2D eigenvalue weighted by Gasteiger charge is 1.81. The normalized spacial score (nSPS) is 14.3. The summed E-state index contributed by atoms with van der Waals surface area (Å²) in [5, 5.41) is 0. The molecule has 1 aliphatic rings. The lowest BCUT2D eigenvalue weighted by molar-refractivity contribution is 1.35. The second-order valence-corrected chi connectivity index (χ2v) is 5.23. The molecule has 1 rings (SSSR count). The van der Waals surface area contributed by atoms with E-state index in [4.69, 9.17) is 0 Å². The Bertz CT molecular complexity index is 506. The molecule has 0 atom stereocenters. The number of rotatable bonds is 4. The van der Waals surface area contributed by atoms with Crippen molar-refractivity contribution in [1.29, 1.82) is 0 Å². The minimum absolute atomic E-state index is 1.08. The van der Waals surface area contributed by atoms with E-state index in [1.807, 2.05) is 38.2 Å². The molecule has 0 nitrogen and oxygen atoms in total. The quantitative estimate of drug-likeness (QED) is 0.462. The van der Waals surface area contributed by atoms with Gasteiger partial charge in [0.15, 0.2) is 0 Å². The first kappa shape index (κ1) is 23.9. The average Bonchev–Trinajstić information content (AvgIpc) is 2.86. The molecule has 0 saturated carbocycles. The molecule has 0 amide bonds. The predicted molar refractivity (Wildman–Crippen MR) is 114 cm³/mol. The van der Waals surface area contributed by atoms with Crippen LogP contribution >= 0.6 is 0 Å². The van der Waals surface area contributed by atoms with E-state index in [-0.39, 0.29) is 0 Å². The topological polar surface area (TPSA) is 0 Å². The molecule has 0 aromatic heterocycles. The molecule has 0 unspecified atom stereocenters. The fourth-order valence-electron chi connectivity index (χ4n) is 1.32. The summed E-state index contributed by atoms with van der Waals surface area (Å²) in [5.41, 5.74) is 3.89. The highest BCUT2D eigenvalue weighted by molar-refractivity contribution is 5.24. The zero-order chi connectivity index (χ0) is 18.6. The lowest BCUT2D eigenvalue weighted by atomic mass is 10.2. The van der Waals surface area contributed by atoms with E-state index in [1.54, 1.807) is 12.2 Å². The smallest absolute Gasteiger partial charge is 0.0160 e. The van der Waals surface area contributed by atoms with Gasteiger partial charge in [-0.05, 0) is 41.0 Å². The molecule has 0 fully saturated rings. The van der Waals surface area contributed by atoms with Crippen molar-refractivity contribution >= 4 is 0 Å². The number of hydrogen-bond acceptors (Lipinski definition) is 0. The van der Waals surface area contributed by atoms with Crippen LogP contribution in [0.25, 0.3) is 0 Å². The van der Waals surface area contributed by atoms with Crippen molar-refractivity contribution in [3.8, 4) is 0 Å². The van der Waals surface area contributed by atoms with Gasteiger partial charge in [0.1, 0.15) is 0 Å². The molecule has 0 heteroatoms. The Morgan fingerprint density at radius 3 is 1.83 bits per heavy atom. The van der Waals surface area contributed by atoms with Gasteiger partial charge in [-0.25, -0.2) is 0 Å². The van der Waals surface area contributed by atoms with Gasteiger partial charge >= 0.3 is 0 Å². The standard InChI is InChI=1S/C8H10.2C8H12/c1-8-6-4-2-3-5-7-8;2*1-4-6-7-8(3)5-2/h2-4,6-7H,5H2,1H3;2*4-7H,1H2,2-3H3/b;2*7-6-,8-5-. The number of hydrogen-bond donors (Lipinski definition) is 0. The molecule has 0 aromatic carbocycles. The number of allylic oxidation sites excluding steroid dienone is 16. The van der Waals surface area contributed by atoms with Gasteiger partial charge < -0.3 is 0 Å². The average molecular weight is 323 g/mol. The lowest BCUT2D eigenvalue weighted by Gasteiger charge is -1.82. The molecule has 0 heterocycles. The SMILES string of the molecule is C=C/C=C\C(C)=C/C.C=C/C=C\C(C)=C/C.CC1=CCC=CC=C1. The Morgan fingerprint density at radius 1 is 0.917 bits per heavy atom. The minimum atomic E-state index is 1.08. The van der Waals surface area contributed by atoms with Crippen LogP contribution in [0.1, 0.15) is 41.0 Å². The molecular weight excluding hydrogens is 288 g/mol. The zero-order valence-electron chi connectivity index (χ0n) is 16.1. The largest absolute Gasteiger partial charge is 0.0991 e. The lowest BCUT2D eigenvalue weighted by Crippen LogP contribution is -1.62. The van der Waals surface area contributed by atoms with Gasteiger partial charge in [0.25, 0.3) is 0 Å². The molecule has 0 spiro atoms. The van der Waals surface area contributed by atoms with Gasteiger partial charge in [-0.2, -0.15) is 0 Å². The van der Waals surface area contributed by atoms with Crippen LogP contribution in [0, 0.1) is 0 Å². The Balaban J connectivity index is 0. The van der Waals surface area contributed by atoms with Crippen LogP contribution in [-0.2, 0) is 0 Å². The van der Waals surface area contributed by atoms with E-state index in [9.17, 15) is 0 Å². The summed E-state index contributed by atoms with van der Waals surface area (Å²) in [6, 6.07) is 0. The molecule has 0 saturated heterocycles. The molecule has 0 radical (unpaired) electrons. The van der Waals surface area contributed by atoms with Crippen molar-refractivity contribution in [1.82, 2.24) is 0 Å². The summed E-state index contributed by atoms with van der Waals surface area (Å²) in [7, 11) is 0. The third kappa shape index (κ3) is 19.7. The van der Waals surface area contributed by atoms with E-state index in [1.165, 1.54) is 16.7 Å². The van der Waals surface area contributed by atoms with E-state index in [0.717, 1.165) is 6.42 Å². The second kappa shape index (κ2) is 18.7. The van der Waals surface area contributed by atoms with Crippen LogP contribution in [0.3, 0.4) is 0 Å². The molecule has 0 aromatic rings. The first-order chi connectivity index (χ1) is 11.5. The molecule has 1 aliphatic carbocycles. The van der Waals surface area contributed by atoms with Crippen molar-refractivity contribution in [3.63, 3.8) is 0 Å². The van der Waals surface area contributed by atoms with Crippen LogP contribution in [0.15, 0.2) is 109 Å². The van der Waals surface area contributed by atoms with E-state index in [0.29, 0.717) is 0 Å². The molecule has 0 aliphatic heterocycles. The van der Waals surface area contributed by atoms with Crippen LogP contribution in [0.5, 0.6) is 0 Å². The highest BCUT2D eigenvalue weighted by Crippen LogP contribution is 2.02. The van der Waals surface area contributed by atoms with Gasteiger partial charge in [0.2, 0.25) is 0 Å². The third-order valence-corrected chi connectivity index (χ3v) is 3.08. The van der Waals surface area contributed by atoms with Crippen molar-refractivity contribution in [2.24, 2.45) is 0 Å². The Kier molecular flexibility index (Phi) is 18.6. The Hall–Kier alpha value is -2.34. The van der Waals surface area contributed by atoms with Crippen molar-refractivity contribution in [3.05, 3.63) is 109 Å². The zero-order valence-corrected chi connectivity index (χ0v) is 16.1. The maximum atomic E-state index is 3.55. The van der Waals surface area contributed by atoms with Gasteiger partial charge in [-0.1, -0.05) is 109 Å². The molecule has 0 bridgehead atoms. The van der Waals surface area contributed by atoms with Gasteiger partial charge in [0, 0.05) is 0 Å². The molecular formula is C24H34. The van der Waals surface area contributed by atoms with Crippen LogP contribution in [-0.4, -0.2) is 0 Å².